The number of hydrogen-bond donors (Lipinski definition) is 1. The third-order valence-corrected chi connectivity index (χ3v) is 5.47. The van der Waals surface area contributed by atoms with Crippen molar-refractivity contribution in [3.63, 3.8) is 0 Å². The predicted octanol–water partition coefficient (Wildman–Crippen LogP) is 2.76. The first-order valence-electron chi connectivity index (χ1n) is 8.12. The van der Waals surface area contributed by atoms with Crippen LogP contribution in [0.1, 0.15) is 20.3 Å². The molecule has 0 bridgehead atoms. The summed E-state index contributed by atoms with van der Waals surface area (Å²) < 4.78 is 18.3. The number of halogens is 1. The quantitative estimate of drug-likeness (QED) is 0.907. The number of hydrogen-bond acceptors (Lipinski definition) is 3. The number of likely N-dealkylation sites (tertiary alicyclic amines) is 1. The molecule has 1 aromatic carbocycles. The van der Waals surface area contributed by atoms with Gasteiger partial charge in [0.05, 0.1) is 13.2 Å². The van der Waals surface area contributed by atoms with Crippen molar-refractivity contribution in [2.24, 2.45) is 16.7 Å². The Morgan fingerprint density at radius 1 is 1.39 bits per heavy atom. The standard InChI is InChI=1S/C18H25FN2O2/c1-17(2)10-18(12-23-3)11-21(9-15(17)18)16(22)8-20-14-6-4-13(19)5-7-14/h4-7,15,20H,8-12H2,1-3H3/t15-,18-/m1/s1. The number of anilines is 1. The number of benzene rings is 1. The molecule has 0 radical (unpaired) electrons. The van der Waals surface area contributed by atoms with Crippen molar-refractivity contribution < 1.29 is 13.9 Å². The van der Waals surface area contributed by atoms with Gasteiger partial charge < -0.3 is 15.0 Å². The van der Waals surface area contributed by atoms with Crippen LogP contribution in [0.2, 0.25) is 0 Å². The zero-order chi connectivity index (χ0) is 16.7. The van der Waals surface area contributed by atoms with Crippen molar-refractivity contribution in [2.45, 2.75) is 20.3 Å². The monoisotopic (exact) mass is 320 g/mol. The van der Waals surface area contributed by atoms with Gasteiger partial charge in [-0.25, -0.2) is 4.39 Å². The number of nitrogens with one attached hydrogen (secondary N) is 1. The minimum Gasteiger partial charge on any atom is -0.384 e. The average molecular weight is 320 g/mol. The van der Waals surface area contributed by atoms with Gasteiger partial charge in [0.1, 0.15) is 5.82 Å². The highest BCUT2D eigenvalue weighted by atomic mass is 19.1. The molecule has 1 saturated carbocycles. The molecule has 1 saturated heterocycles. The average Bonchev–Trinajstić information content (AvgIpc) is 2.81. The summed E-state index contributed by atoms with van der Waals surface area (Å²) in [5, 5.41) is 3.07. The van der Waals surface area contributed by atoms with E-state index in [2.05, 4.69) is 19.2 Å². The molecule has 1 heterocycles. The first-order chi connectivity index (χ1) is 10.9. The van der Waals surface area contributed by atoms with E-state index >= 15 is 0 Å². The van der Waals surface area contributed by atoms with E-state index < -0.39 is 0 Å². The first-order valence-corrected chi connectivity index (χ1v) is 8.12. The van der Waals surface area contributed by atoms with E-state index in [9.17, 15) is 9.18 Å². The van der Waals surface area contributed by atoms with Crippen LogP contribution in [0.25, 0.3) is 0 Å². The van der Waals surface area contributed by atoms with Gasteiger partial charge in [-0.05, 0) is 42.0 Å². The summed E-state index contributed by atoms with van der Waals surface area (Å²) in [6, 6.07) is 6.07. The molecule has 23 heavy (non-hydrogen) atoms. The molecule has 2 atom stereocenters. The molecule has 1 N–H and O–H groups in total. The lowest BCUT2D eigenvalue weighted by Crippen LogP contribution is -2.55. The van der Waals surface area contributed by atoms with Crippen molar-refractivity contribution in [1.29, 1.82) is 0 Å². The molecule has 1 aliphatic carbocycles. The largest absolute Gasteiger partial charge is 0.384 e. The summed E-state index contributed by atoms with van der Waals surface area (Å²) in [5.41, 5.74) is 1.16. The van der Waals surface area contributed by atoms with Crippen molar-refractivity contribution in [3.05, 3.63) is 30.1 Å². The third-order valence-electron chi connectivity index (χ3n) is 5.47. The summed E-state index contributed by atoms with van der Waals surface area (Å²) in [6.45, 7) is 7.09. The lowest BCUT2D eigenvalue weighted by Gasteiger charge is -2.56. The van der Waals surface area contributed by atoms with Crippen LogP contribution in [-0.4, -0.2) is 44.2 Å². The highest BCUT2D eigenvalue weighted by Crippen LogP contribution is 2.62. The van der Waals surface area contributed by atoms with Gasteiger partial charge in [0.2, 0.25) is 5.91 Å². The Bertz CT molecular complexity index is 587. The molecule has 1 aliphatic heterocycles. The molecular formula is C18H25FN2O2. The topological polar surface area (TPSA) is 41.6 Å². The van der Waals surface area contributed by atoms with Crippen molar-refractivity contribution in [1.82, 2.24) is 4.90 Å². The molecule has 3 rings (SSSR count). The fourth-order valence-electron chi connectivity index (χ4n) is 4.66. The first kappa shape index (κ1) is 16.2. The van der Waals surface area contributed by atoms with Gasteiger partial charge in [-0.15, -0.1) is 0 Å². The van der Waals surface area contributed by atoms with E-state index in [-0.39, 0.29) is 29.1 Å². The minimum atomic E-state index is -0.276. The number of fused-ring (bicyclic) bond motifs is 1. The van der Waals surface area contributed by atoms with Crippen LogP contribution in [0.5, 0.6) is 0 Å². The van der Waals surface area contributed by atoms with E-state index in [1.54, 1.807) is 19.2 Å². The maximum Gasteiger partial charge on any atom is 0.241 e. The number of methoxy groups -OCH3 is 1. The Labute approximate surface area is 137 Å². The van der Waals surface area contributed by atoms with Crippen LogP contribution in [0.15, 0.2) is 24.3 Å². The number of amides is 1. The molecule has 4 nitrogen and oxygen atoms in total. The van der Waals surface area contributed by atoms with Crippen molar-refractivity contribution in [3.8, 4) is 0 Å². The predicted molar refractivity (Wildman–Crippen MR) is 87.7 cm³/mol. The molecular weight excluding hydrogens is 295 g/mol. The summed E-state index contributed by atoms with van der Waals surface area (Å²) in [6.07, 6.45) is 1.10. The van der Waals surface area contributed by atoms with E-state index in [1.165, 1.54) is 12.1 Å². The van der Waals surface area contributed by atoms with Crippen molar-refractivity contribution in [2.75, 3.05) is 38.7 Å². The highest BCUT2D eigenvalue weighted by Gasteiger charge is 2.63. The van der Waals surface area contributed by atoms with Gasteiger partial charge in [-0.2, -0.15) is 0 Å². The van der Waals surface area contributed by atoms with Crippen LogP contribution < -0.4 is 5.32 Å². The maximum atomic E-state index is 12.9. The second kappa shape index (κ2) is 5.78. The molecule has 1 aromatic rings. The van der Waals surface area contributed by atoms with Crippen LogP contribution in [0.3, 0.4) is 0 Å². The van der Waals surface area contributed by atoms with E-state index in [1.807, 2.05) is 4.90 Å². The zero-order valence-electron chi connectivity index (χ0n) is 14.1. The SMILES string of the molecule is COC[C@@]12CN(C(=O)CNc3ccc(F)cc3)C[C@@H]1C(C)(C)C2. The summed E-state index contributed by atoms with van der Waals surface area (Å²) in [4.78, 5) is 14.5. The normalized spacial score (nSPS) is 28.2. The summed E-state index contributed by atoms with van der Waals surface area (Å²) in [7, 11) is 1.73. The molecule has 2 aliphatic rings. The number of nitrogens with zero attached hydrogens (tertiary/aromatic N) is 1. The Morgan fingerprint density at radius 2 is 2.09 bits per heavy atom. The Balaban J connectivity index is 1.59. The minimum absolute atomic E-state index is 0.0926. The fourth-order valence-corrected chi connectivity index (χ4v) is 4.66. The molecule has 0 aromatic heterocycles. The van der Waals surface area contributed by atoms with E-state index in [0.29, 0.717) is 5.92 Å². The van der Waals surface area contributed by atoms with Gasteiger partial charge in [-0.3, -0.25) is 4.79 Å². The third kappa shape index (κ3) is 2.94. The Morgan fingerprint density at radius 3 is 2.70 bits per heavy atom. The van der Waals surface area contributed by atoms with Crippen LogP contribution >= 0.6 is 0 Å². The number of rotatable bonds is 5. The number of ether oxygens (including phenoxy) is 1. The molecule has 1 amide bonds. The van der Waals surface area contributed by atoms with Crippen LogP contribution in [-0.2, 0) is 9.53 Å². The van der Waals surface area contributed by atoms with Gasteiger partial charge in [0.25, 0.3) is 0 Å². The summed E-state index contributed by atoms with van der Waals surface area (Å²) in [5.74, 6) is 0.321. The lowest BCUT2D eigenvalue weighted by atomic mass is 9.48. The zero-order valence-corrected chi connectivity index (χ0v) is 14.1. The Hall–Kier alpha value is -1.62. The lowest BCUT2D eigenvalue weighted by molar-refractivity contribution is -0.129. The molecule has 0 unspecified atom stereocenters. The maximum absolute atomic E-state index is 12.9. The Kier molecular flexibility index (Phi) is 4.08. The van der Waals surface area contributed by atoms with Crippen LogP contribution in [0.4, 0.5) is 10.1 Å². The van der Waals surface area contributed by atoms with E-state index in [4.69, 9.17) is 4.74 Å². The number of carbonyl (C=O) groups excluding carboxylic acids is 1. The smallest absolute Gasteiger partial charge is 0.241 e. The van der Waals surface area contributed by atoms with Gasteiger partial charge in [-0.1, -0.05) is 13.8 Å². The van der Waals surface area contributed by atoms with Gasteiger partial charge in [0.15, 0.2) is 0 Å². The second-order valence-corrected chi connectivity index (χ2v) is 7.65. The molecule has 0 spiro atoms. The second-order valence-electron chi connectivity index (χ2n) is 7.65. The van der Waals surface area contributed by atoms with Crippen molar-refractivity contribution >= 4 is 11.6 Å². The van der Waals surface area contributed by atoms with Gasteiger partial charge >= 0.3 is 0 Å². The van der Waals surface area contributed by atoms with Gasteiger partial charge in [0, 0.05) is 31.3 Å². The highest BCUT2D eigenvalue weighted by molar-refractivity contribution is 5.81. The summed E-state index contributed by atoms with van der Waals surface area (Å²) >= 11 is 0. The van der Waals surface area contributed by atoms with Crippen LogP contribution in [0, 0.1) is 22.6 Å². The van der Waals surface area contributed by atoms with E-state index in [0.717, 1.165) is 31.8 Å². The molecule has 5 heteroatoms. The molecule has 126 valence electrons. The number of carbonyl (C=O) groups is 1. The molecule has 2 fully saturated rings. The fraction of sp³-hybridized carbons (Fsp3) is 0.611.